The molecule has 6 nitrogen and oxygen atoms in total. The van der Waals surface area contributed by atoms with Crippen LogP contribution in [0.4, 0.5) is 0 Å². The molecule has 3 fully saturated rings. The van der Waals surface area contributed by atoms with Gasteiger partial charge in [-0.2, -0.15) is 0 Å². The average molecular weight is 279 g/mol. The van der Waals surface area contributed by atoms with Gasteiger partial charge in [-0.3, -0.25) is 9.59 Å². The van der Waals surface area contributed by atoms with Gasteiger partial charge in [0.25, 0.3) is 0 Å². The number of hydrogen-bond acceptors (Lipinski definition) is 5. The number of carbonyl (C=O) groups excluding carboxylic acids is 2. The summed E-state index contributed by atoms with van der Waals surface area (Å²) >= 11 is 0. The molecule has 0 aromatic carbocycles. The Hall–Kier alpha value is -1.40. The molecule has 5 atom stereocenters. The third kappa shape index (κ3) is 1.31. The van der Waals surface area contributed by atoms with Crippen molar-refractivity contribution < 1.29 is 23.8 Å². The fourth-order valence-electron chi connectivity index (χ4n) is 3.96. The number of ether oxygens (including phenoxy) is 3. The highest BCUT2D eigenvalue weighted by Gasteiger charge is 2.72. The van der Waals surface area contributed by atoms with Crippen LogP contribution in [0.3, 0.4) is 0 Å². The zero-order valence-corrected chi connectivity index (χ0v) is 11.3. The lowest BCUT2D eigenvalue weighted by molar-refractivity contribution is -0.168. The molecule has 0 saturated carbocycles. The van der Waals surface area contributed by atoms with Crippen LogP contribution in [-0.2, 0) is 23.8 Å². The molecule has 0 unspecified atom stereocenters. The SMILES string of the molecule is CCOC(=O)[C@H]1[C@H]2C=C[C@]3(O2)[C@H]1C(=O)N1CCCO[C@@H]13. The van der Waals surface area contributed by atoms with Gasteiger partial charge in [0.15, 0.2) is 6.23 Å². The zero-order valence-electron chi connectivity index (χ0n) is 11.3. The first-order chi connectivity index (χ1) is 9.69. The van der Waals surface area contributed by atoms with Gasteiger partial charge in [0.05, 0.1) is 25.2 Å². The van der Waals surface area contributed by atoms with Crippen LogP contribution in [0.25, 0.3) is 0 Å². The molecule has 4 aliphatic rings. The molecule has 0 aliphatic carbocycles. The lowest BCUT2D eigenvalue weighted by Gasteiger charge is -2.36. The molecule has 1 spiro atoms. The Kier molecular flexibility index (Phi) is 2.50. The van der Waals surface area contributed by atoms with E-state index in [9.17, 15) is 9.59 Å². The summed E-state index contributed by atoms with van der Waals surface area (Å²) in [5.74, 6) is -1.43. The van der Waals surface area contributed by atoms with E-state index in [1.165, 1.54) is 0 Å². The number of fused-ring (bicyclic) bond motifs is 2. The van der Waals surface area contributed by atoms with Crippen molar-refractivity contribution in [2.75, 3.05) is 19.8 Å². The smallest absolute Gasteiger partial charge is 0.312 e. The summed E-state index contributed by atoms with van der Waals surface area (Å²) in [6, 6.07) is 0. The van der Waals surface area contributed by atoms with Crippen LogP contribution in [0.2, 0.25) is 0 Å². The van der Waals surface area contributed by atoms with Crippen molar-refractivity contribution >= 4 is 11.9 Å². The lowest BCUT2D eigenvalue weighted by Crippen LogP contribution is -2.49. The van der Waals surface area contributed by atoms with E-state index in [1.54, 1.807) is 11.8 Å². The topological polar surface area (TPSA) is 65.1 Å². The minimum Gasteiger partial charge on any atom is -0.466 e. The number of rotatable bonds is 2. The fraction of sp³-hybridized carbons (Fsp3) is 0.714. The summed E-state index contributed by atoms with van der Waals surface area (Å²) < 4.78 is 16.9. The Morgan fingerprint density at radius 1 is 1.60 bits per heavy atom. The second-order valence-corrected chi connectivity index (χ2v) is 5.66. The zero-order chi connectivity index (χ0) is 13.9. The Labute approximate surface area is 116 Å². The van der Waals surface area contributed by atoms with Crippen molar-refractivity contribution in [1.29, 1.82) is 0 Å². The van der Waals surface area contributed by atoms with Crippen molar-refractivity contribution in [2.45, 2.75) is 31.3 Å². The van der Waals surface area contributed by atoms with E-state index in [2.05, 4.69) is 0 Å². The van der Waals surface area contributed by atoms with Crippen LogP contribution in [-0.4, -0.2) is 54.5 Å². The molecule has 4 aliphatic heterocycles. The number of esters is 1. The molecule has 4 rings (SSSR count). The molecule has 4 heterocycles. The maximum atomic E-state index is 12.6. The van der Waals surface area contributed by atoms with E-state index < -0.39 is 23.7 Å². The largest absolute Gasteiger partial charge is 0.466 e. The Morgan fingerprint density at radius 2 is 2.45 bits per heavy atom. The van der Waals surface area contributed by atoms with Crippen LogP contribution in [0.1, 0.15) is 13.3 Å². The van der Waals surface area contributed by atoms with E-state index in [0.717, 1.165) is 6.42 Å². The molecule has 20 heavy (non-hydrogen) atoms. The quantitative estimate of drug-likeness (QED) is 0.529. The van der Waals surface area contributed by atoms with Gasteiger partial charge in [-0.1, -0.05) is 6.08 Å². The first-order valence-corrected chi connectivity index (χ1v) is 7.15. The summed E-state index contributed by atoms with van der Waals surface area (Å²) in [6.07, 6.45) is 3.84. The maximum Gasteiger partial charge on any atom is 0.312 e. The Morgan fingerprint density at radius 3 is 3.25 bits per heavy atom. The summed E-state index contributed by atoms with van der Waals surface area (Å²) in [5.41, 5.74) is -0.792. The molecule has 0 radical (unpaired) electrons. The van der Waals surface area contributed by atoms with Crippen LogP contribution in [0, 0.1) is 11.8 Å². The molecule has 0 aromatic rings. The lowest BCUT2D eigenvalue weighted by atomic mass is 9.76. The summed E-state index contributed by atoms with van der Waals surface area (Å²) in [5, 5.41) is 0. The second kappa shape index (κ2) is 4.05. The molecule has 3 saturated heterocycles. The number of carbonyl (C=O) groups is 2. The minimum absolute atomic E-state index is 0.0420. The standard InChI is InChI=1S/C14H17NO5/c1-2-18-12(17)9-8-4-5-14(20-8)10(9)11(16)15-6-3-7-19-13(14)15/h4-5,8-10,13H,2-3,6-7H2,1H3/t8-,9+,10-,13-,14+/m1/s1. The van der Waals surface area contributed by atoms with Crippen molar-refractivity contribution in [3.05, 3.63) is 12.2 Å². The van der Waals surface area contributed by atoms with Crippen LogP contribution < -0.4 is 0 Å². The molecule has 0 N–H and O–H groups in total. The maximum absolute atomic E-state index is 12.6. The predicted molar refractivity (Wildman–Crippen MR) is 66.4 cm³/mol. The van der Waals surface area contributed by atoms with Gasteiger partial charge in [-0.25, -0.2) is 0 Å². The number of nitrogens with zero attached hydrogens (tertiary/aromatic N) is 1. The van der Waals surface area contributed by atoms with Crippen molar-refractivity contribution in [1.82, 2.24) is 4.90 Å². The highest BCUT2D eigenvalue weighted by Crippen LogP contribution is 2.55. The molecule has 0 aromatic heterocycles. The van der Waals surface area contributed by atoms with Gasteiger partial charge >= 0.3 is 5.97 Å². The third-order valence-electron chi connectivity index (χ3n) is 4.68. The van der Waals surface area contributed by atoms with E-state index >= 15 is 0 Å². The van der Waals surface area contributed by atoms with Crippen molar-refractivity contribution in [3.8, 4) is 0 Å². The highest BCUT2D eigenvalue weighted by molar-refractivity contribution is 5.91. The molecule has 1 amide bonds. The third-order valence-corrected chi connectivity index (χ3v) is 4.68. The van der Waals surface area contributed by atoms with Crippen LogP contribution in [0.5, 0.6) is 0 Å². The Bertz CT molecular complexity index is 504. The van der Waals surface area contributed by atoms with Crippen LogP contribution >= 0.6 is 0 Å². The van der Waals surface area contributed by atoms with E-state index in [1.807, 2.05) is 12.2 Å². The van der Waals surface area contributed by atoms with Gasteiger partial charge in [-0.05, 0) is 19.4 Å². The molecular weight excluding hydrogens is 262 g/mol. The molecule has 108 valence electrons. The molecule has 2 bridgehead atoms. The minimum atomic E-state index is -0.792. The van der Waals surface area contributed by atoms with Gasteiger partial charge < -0.3 is 19.1 Å². The van der Waals surface area contributed by atoms with E-state index in [4.69, 9.17) is 14.2 Å². The number of amides is 1. The van der Waals surface area contributed by atoms with Gasteiger partial charge in [-0.15, -0.1) is 0 Å². The molecular formula is C14H17NO5. The number of hydrogen-bond donors (Lipinski definition) is 0. The summed E-state index contributed by atoms with van der Waals surface area (Å²) in [4.78, 5) is 26.5. The highest BCUT2D eigenvalue weighted by atomic mass is 16.6. The first kappa shape index (κ1) is 12.3. The van der Waals surface area contributed by atoms with E-state index in [0.29, 0.717) is 19.8 Å². The van der Waals surface area contributed by atoms with Crippen molar-refractivity contribution in [3.63, 3.8) is 0 Å². The van der Waals surface area contributed by atoms with Crippen molar-refractivity contribution in [2.24, 2.45) is 11.8 Å². The monoisotopic (exact) mass is 279 g/mol. The second-order valence-electron chi connectivity index (χ2n) is 5.66. The van der Waals surface area contributed by atoms with Gasteiger partial charge in [0.1, 0.15) is 11.5 Å². The average Bonchev–Trinajstić information content (AvgIpc) is 3.09. The van der Waals surface area contributed by atoms with Gasteiger partial charge in [0, 0.05) is 6.54 Å². The summed E-state index contributed by atoms with van der Waals surface area (Å²) in [7, 11) is 0. The van der Waals surface area contributed by atoms with Crippen LogP contribution in [0.15, 0.2) is 12.2 Å². The molecule has 6 heteroatoms. The first-order valence-electron chi connectivity index (χ1n) is 7.15. The predicted octanol–water partition coefficient (Wildman–Crippen LogP) is 0.0779. The van der Waals surface area contributed by atoms with E-state index in [-0.39, 0.29) is 18.0 Å². The van der Waals surface area contributed by atoms with Gasteiger partial charge in [0.2, 0.25) is 5.91 Å². The summed E-state index contributed by atoms with van der Waals surface area (Å²) in [6.45, 7) is 3.36. The normalized spacial score (nSPS) is 44.6. The fourth-order valence-corrected chi connectivity index (χ4v) is 3.96. The Balaban J connectivity index is 1.73.